The molecule has 0 aromatic heterocycles. The second kappa shape index (κ2) is 10.1. The molecule has 3 aromatic rings. The second-order valence-corrected chi connectivity index (χ2v) is 8.33. The number of nitrogens with one attached hydrogen (secondary N) is 2. The van der Waals surface area contributed by atoms with E-state index in [0.717, 1.165) is 42.7 Å². The molecule has 3 amide bonds. The van der Waals surface area contributed by atoms with Gasteiger partial charge in [0.15, 0.2) is 0 Å². The number of benzene rings is 3. The Balaban J connectivity index is 1.26. The van der Waals surface area contributed by atoms with Crippen LogP contribution in [0.1, 0.15) is 35.4 Å². The van der Waals surface area contributed by atoms with Crippen molar-refractivity contribution >= 4 is 23.3 Å². The van der Waals surface area contributed by atoms with Crippen molar-refractivity contribution in [3.05, 3.63) is 95.6 Å². The average Bonchev–Trinajstić information content (AvgIpc) is 2.82. The van der Waals surface area contributed by atoms with Crippen LogP contribution in [0.5, 0.6) is 0 Å². The minimum Gasteiger partial charge on any atom is -0.342 e. The molecule has 1 saturated heterocycles. The summed E-state index contributed by atoms with van der Waals surface area (Å²) in [5.74, 6) is 0.700. The van der Waals surface area contributed by atoms with Gasteiger partial charge in [0.25, 0.3) is 0 Å². The van der Waals surface area contributed by atoms with E-state index in [4.69, 9.17) is 0 Å². The van der Waals surface area contributed by atoms with E-state index < -0.39 is 0 Å². The summed E-state index contributed by atoms with van der Waals surface area (Å²) in [5, 5.41) is 5.69. The number of carbonyl (C=O) groups is 2. The summed E-state index contributed by atoms with van der Waals surface area (Å²) in [6, 6.07) is 25.4. The lowest BCUT2D eigenvalue weighted by Gasteiger charge is -2.32. The maximum Gasteiger partial charge on any atom is 0.323 e. The van der Waals surface area contributed by atoms with Crippen molar-refractivity contribution in [2.24, 2.45) is 0 Å². The number of aryl methyl sites for hydroxylation is 1. The van der Waals surface area contributed by atoms with E-state index in [2.05, 4.69) is 34.9 Å². The van der Waals surface area contributed by atoms with Crippen LogP contribution in [-0.2, 0) is 11.2 Å². The van der Waals surface area contributed by atoms with Gasteiger partial charge in [-0.2, -0.15) is 0 Å². The number of para-hydroxylation sites is 1. The Hall–Kier alpha value is -3.60. The molecule has 2 N–H and O–H groups in total. The SMILES string of the molecule is Cc1ccccc1NC(=O)Nc1ccc(CC(=O)N2CCC(c3ccccc3)CC2)cc1. The van der Waals surface area contributed by atoms with E-state index in [1.54, 1.807) is 0 Å². The zero-order valence-electron chi connectivity index (χ0n) is 18.4. The summed E-state index contributed by atoms with van der Waals surface area (Å²) in [6.45, 7) is 3.56. The first-order valence-corrected chi connectivity index (χ1v) is 11.1. The van der Waals surface area contributed by atoms with Gasteiger partial charge < -0.3 is 15.5 Å². The largest absolute Gasteiger partial charge is 0.342 e. The first kappa shape index (κ1) is 21.6. The van der Waals surface area contributed by atoms with E-state index in [1.807, 2.05) is 66.4 Å². The van der Waals surface area contributed by atoms with Gasteiger partial charge >= 0.3 is 6.03 Å². The summed E-state index contributed by atoms with van der Waals surface area (Å²) in [4.78, 5) is 27.0. The molecule has 0 bridgehead atoms. The number of likely N-dealkylation sites (tertiary alicyclic amines) is 1. The Labute approximate surface area is 189 Å². The number of nitrogens with zero attached hydrogens (tertiary/aromatic N) is 1. The van der Waals surface area contributed by atoms with Crippen LogP contribution in [0.3, 0.4) is 0 Å². The van der Waals surface area contributed by atoms with Crippen molar-refractivity contribution < 1.29 is 9.59 Å². The van der Waals surface area contributed by atoms with E-state index in [-0.39, 0.29) is 11.9 Å². The average molecular weight is 428 g/mol. The van der Waals surface area contributed by atoms with Crippen LogP contribution in [0.4, 0.5) is 16.2 Å². The van der Waals surface area contributed by atoms with E-state index in [1.165, 1.54) is 5.56 Å². The molecular weight excluding hydrogens is 398 g/mol. The van der Waals surface area contributed by atoms with Crippen LogP contribution < -0.4 is 10.6 Å². The molecule has 5 nitrogen and oxygen atoms in total. The van der Waals surface area contributed by atoms with Crippen molar-refractivity contribution in [1.82, 2.24) is 4.90 Å². The zero-order chi connectivity index (χ0) is 22.3. The van der Waals surface area contributed by atoms with Crippen molar-refractivity contribution in [3.8, 4) is 0 Å². The summed E-state index contributed by atoms with van der Waals surface area (Å²) >= 11 is 0. The van der Waals surface area contributed by atoms with Crippen LogP contribution in [0.2, 0.25) is 0 Å². The number of hydrogen-bond donors (Lipinski definition) is 2. The fourth-order valence-corrected chi connectivity index (χ4v) is 4.18. The summed E-state index contributed by atoms with van der Waals surface area (Å²) in [5.41, 5.74) is 4.79. The van der Waals surface area contributed by atoms with Crippen LogP contribution >= 0.6 is 0 Å². The number of anilines is 2. The molecule has 1 aliphatic rings. The maximum absolute atomic E-state index is 12.8. The van der Waals surface area contributed by atoms with Gasteiger partial charge in [0.1, 0.15) is 0 Å². The second-order valence-electron chi connectivity index (χ2n) is 8.33. The first-order chi connectivity index (χ1) is 15.6. The number of urea groups is 1. The predicted octanol–water partition coefficient (Wildman–Crippen LogP) is 5.59. The molecule has 3 aromatic carbocycles. The Morgan fingerprint density at radius 2 is 1.50 bits per heavy atom. The van der Waals surface area contributed by atoms with Gasteiger partial charge in [0.05, 0.1) is 6.42 Å². The first-order valence-electron chi connectivity index (χ1n) is 11.1. The normalized spacial score (nSPS) is 14.1. The summed E-state index contributed by atoms with van der Waals surface area (Å²) in [6.07, 6.45) is 2.40. The number of rotatable bonds is 5. The highest BCUT2D eigenvalue weighted by Gasteiger charge is 2.23. The molecule has 32 heavy (non-hydrogen) atoms. The van der Waals surface area contributed by atoms with Gasteiger partial charge in [-0.15, -0.1) is 0 Å². The highest BCUT2D eigenvalue weighted by Crippen LogP contribution is 2.28. The quantitative estimate of drug-likeness (QED) is 0.558. The number of hydrogen-bond acceptors (Lipinski definition) is 2. The van der Waals surface area contributed by atoms with Crippen LogP contribution in [0, 0.1) is 6.92 Å². The van der Waals surface area contributed by atoms with Crippen molar-refractivity contribution in [2.75, 3.05) is 23.7 Å². The van der Waals surface area contributed by atoms with Crippen molar-refractivity contribution in [1.29, 1.82) is 0 Å². The Kier molecular flexibility index (Phi) is 6.85. The van der Waals surface area contributed by atoms with Crippen LogP contribution in [0.25, 0.3) is 0 Å². The Morgan fingerprint density at radius 1 is 0.844 bits per heavy atom. The zero-order valence-corrected chi connectivity index (χ0v) is 18.4. The van der Waals surface area contributed by atoms with Gasteiger partial charge in [-0.05, 0) is 60.6 Å². The van der Waals surface area contributed by atoms with Gasteiger partial charge in [-0.1, -0.05) is 60.7 Å². The van der Waals surface area contributed by atoms with E-state index >= 15 is 0 Å². The number of carbonyl (C=O) groups excluding carboxylic acids is 2. The van der Waals surface area contributed by atoms with E-state index in [0.29, 0.717) is 18.0 Å². The third kappa shape index (κ3) is 5.55. The monoisotopic (exact) mass is 427 g/mol. The molecule has 0 radical (unpaired) electrons. The number of amides is 3. The smallest absolute Gasteiger partial charge is 0.323 e. The molecule has 0 spiro atoms. The fourth-order valence-electron chi connectivity index (χ4n) is 4.18. The molecule has 4 rings (SSSR count). The molecular formula is C27H29N3O2. The van der Waals surface area contributed by atoms with Crippen LogP contribution in [-0.4, -0.2) is 29.9 Å². The third-order valence-corrected chi connectivity index (χ3v) is 6.08. The standard InChI is InChI=1S/C27H29N3O2/c1-20-7-5-6-10-25(20)29-27(32)28-24-13-11-21(12-14-24)19-26(31)30-17-15-23(16-18-30)22-8-3-2-4-9-22/h2-14,23H,15-19H2,1H3,(H2,28,29,32). The van der Waals surface area contributed by atoms with Crippen LogP contribution in [0.15, 0.2) is 78.9 Å². The third-order valence-electron chi connectivity index (χ3n) is 6.08. The highest BCUT2D eigenvalue weighted by molar-refractivity contribution is 6.00. The molecule has 0 aliphatic carbocycles. The topological polar surface area (TPSA) is 61.4 Å². The summed E-state index contributed by atoms with van der Waals surface area (Å²) in [7, 11) is 0. The molecule has 164 valence electrons. The predicted molar refractivity (Wildman–Crippen MR) is 129 cm³/mol. The van der Waals surface area contributed by atoms with Gasteiger partial charge in [0.2, 0.25) is 5.91 Å². The van der Waals surface area contributed by atoms with Gasteiger partial charge in [0, 0.05) is 24.5 Å². The lowest BCUT2D eigenvalue weighted by atomic mass is 9.89. The Morgan fingerprint density at radius 3 is 2.19 bits per heavy atom. The number of piperidine rings is 1. The molecule has 1 heterocycles. The molecule has 0 saturated carbocycles. The van der Waals surface area contributed by atoms with E-state index in [9.17, 15) is 9.59 Å². The fraction of sp³-hybridized carbons (Fsp3) is 0.259. The van der Waals surface area contributed by atoms with Gasteiger partial charge in [-0.25, -0.2) is 4.79 Å². The maximum atomic E-state index is 12.8. The summed E-state index contributed by atoms with van der Waals surface area (Å²) < 4.78 is 0. The molecule has 0 atom stereocenters. The lowest BCUT2D eigenvalue weighted by molar-refractivity contribution is -0.131. The molecule has 0 unspecified atom stereocenters. The Bertz CT molecular complexity index is 1060. The highest BCUT2D eigenvalue weighted by atomic mass is 16.2. The minimum atomic E-state index is -0.288. The van der Waals surface area contributed by atoms with Gasteiger partial charge in [-0.3, -0.25) is 4.79 Å². The lowest BCUT2D eigenvalue weighted by Crippen LogP contribution is -2.38. The molecule has 5 heteroatoms. The van der Waals surface area contributed by atoms with Crippen molar-refractivity contribution in [3.63, 3.8) is 0 Å². The molecule has 1 aliphatic heterocycles. The van der Waals surface area contributed by atoms with Crippen molar-refractivity contribution in [2.45, 2.75) is 32.1 Å². The molecule has 1 fully saturated rings. The minimum absolute atomic E-state index is 0.162.